The maximum atomic E-state index is 6.17. The first kappa shape index (κ1) is 17.1. The van der Waals surface area contributed by atoms with Crippen LogP contribution >= 0.6 is 11.6 Å². The highest BCUT2D eigenvalue weighted by Gasteiger charge is 2.23. The minimum atomic E-state index is 0.660. The summed E-state index contributed by atoms with van der Waals surface area (Å²) in [7, 11) is 0. The Kier molecular flexibility index (Phi) is 4.91. The van der Waals surface area contributed by atoms with Gasteiger partial charge in [-0.1, -0.05) is 53.2 Å². The zero-order valence-electron chi connectivity index (χ0n) is 14.8. The van der Waals surface area contributed by atoms with Crippen molar-refractivity contribution in [2.24, 2.45) is 0 Å². The second kappa shape index (κ2) is 7.48. The van der Waals surface area contributed by atoms with E-state index in [1.807, 2.05) is 36.4 Å². The second-order valence-corrected chi connectivity index (χ2v) is 7.16. The summed E-state index contributed by atoms with van der Waals surface area (Å²) in [5.41, 5.74) is 3.49. The molecule has 0 bridgehead atoms. The van der Waals surface area contributed by atoms with Gasteiger partial charge >= 0.3 is 0 Å². The van der Waals surface area contributed by atoms with E-state index in [1.54, 1.807) is 0 Å². The highest BCUT2D eigenvalue weighted by atomic mass is 35.5. The third-order valence-electron chi connectivity index (χ3n) is 4.88. The third-order valence-corrected chi connectivity index (χ3v) is 5.12. The molecule has 1 aromatic heterocycles. The highest BCUT2D eigenvalue weighted by Crippen LogP contribution is 2.24. The molecule has 1 fully saturated rings. The Labute approximate surface area is 158 Å². The summed E-state index contributed by atoms with van der Waals surface area (Å²) in [5, 5.41) is 4.90. The summed E-state index contributed by atoms with van der Waals surface area (Å²) in [6, 6.07) is 16.0. The number of hydrogen-bond acceptors (Lipinski definition) is 4. The number of hydrogen-bond donors (Lipinski definition) is 1. The Morgan fingerprint density at radius 1 is 1.12 bits per heavy atom. The Balaban J connectivity index is 1.37. The number of benzene rings is 2. The average Bonchev–Trinajstić information content (AvgIpc) is 3.14. The summed E-state index contributed by atoms with van der Waals surface area (Å²) in [6.07, 6.45) is 0. The molecule has 4 rings (SSSR count). The fourth-order valence-electron chi connectivity index (χ4n) is 3.41. The lowest BCUT2D eigenvalue weighted by molar-refractivity contribution is -0.915. The van der Waals surface area contributed by atoms with Gasteiger partial charge in [-0.3, -0.25) is 0 Å². The molecule has 1 aliphatic heterocycles. The van der Waals surface area contributed by atoms with Crippen molar-refractivity contribution in [1.29, 1.82) is 0 Å². The number of nitrogens with one attached hydrogen (secondary N) is 1. The van der Waals surface area contributed by atoms with Gasteiger partial charge < -0.3 is 14.3 Å². The van der Waals surface area contributed by atoms with E-state index < -0.39 is 0 Å². The van der Waals surface area contributed by atoms with Gasteiger partial charge in [-0.25, -0.2) is 0 Å². The fraction of sp³-hybridized carbons (Fsp3) is 0.300. The number of piperazine rings is 1. The quantitative estimate of drug-likeness (QED) is 0.768. The predicted molar refractivity (Wildman–Crippen MR) is 103 cm³/mol. The number of anilines is 1. The molecule has 26 heavy (non-hydrogen) atoms. The number of aromatic nitrogens is 2. The molecule has 2 heterocycles. The van der Waals surface area contributed by atoms with Crippen molar-refractivity contribution < 1.29 is 9.42 Å². The van der Waals surface area contributed by atoms with Crippen LogP contribution in [-0.4, -0.2) is 36.3 Å². The topological polar surface area (TPSA) is 46.6 Å². The lowest BCUT2D eigenvalue weighted by Crippen LogP contribution is -3.13. The van der Waals surface area contributed by atoms with Crippen molar-refractivity contribution in [1.82, 2.24) is 10.1 Å². The summed E-state index contributed by atoms with van der Waals surface area (Å²) >= 11 is 6.17. The van der Waals surface area contributed by atoms with Crippen LogP contribution in [0.2, 0.25) is 5.02 Å². The maximum absolute atomic E-state index is 6.17. The molecule has 5 nitrogen and oxygen atoms in total. The maximum Gasteiger partial charge on any atom is 0.282 e. The molecular formula is C20H22ClN4O+. The van der Waals surface area contributed by atoms with E-state index in [1.165, 1.54) is 16.2 Å². The Morgan fingerprint density at radius 2 is 1.88 bits per heavy atom. The first-order valence-corrected chi connectivity index (χ1v) is 9.29. The minimum Gasteiger partial charge on any atom is -0.360 e. The monoisotopic (exact) mass is 369 g/mol. The SMILES string of the molecule is Cc1ccc(Cl)cc1N1CC[NH+](Cc2nc(-c3ccccc3)no2)CC1. The Morgan fingerprint density at radius 3 is 2.65 bits per heavy atom. The van der Waals surface area contributed by atoms with E-state index >= 15 is 0 Å². The van der Waals surface area contributed by atoms with Gasteiger partial charge in [0.1, 0.15) is 0 Å². The standard InChI is InChI=1S/C20H21ClN4O/c1-15-7-8-17(21)13-18(15)25-11-9-24(10-12-25)14-19-22-20(23-26-19)16-5-3-2-4-6-16/h2-8,13H,9-12,14H2,1H3/p+1. The van der Waals surface area contributed by atoms with Gasteiger partial charge in [0.25, 0.3) is 5.89 Å². The molecule has 0 aliphatic carbocycles. The molecule has 3 aromatic rings. The van der Waals surface area contributed by atoms with E-state index in [4.69, 9.17) is 16.1 Å². The average molecular weight is 370 g/mol. The molecule has 0 unspecified atom stereocenters. The molecule has 1 saturated heterocycles. The predicted octanol–water partition coefficient (Wildman–Crippen LogP) is 2.60. The van der Waals surface area contributed by atoms with Gasteiger partial charge in [-0.15, -0.1) is 0 Å². The summed E-state index contributed by atoms with van der Waals surface area (Å²) < 4.78 is 5.46. The largest absolute Gasteiger partial charge is 0.360 e. The minimum absolute atomic E-state index is 0.660. The molecule has 0 radical (unpaired) electrons. The van der Waals surface area contributed by atoms with Crippen LogP contribution in [0.5, 0.6) is 0 Å². The molecule has 134 valence electrons. The Bertz CT molecular complexity index is 873. The van der Waals surface area contributed by atoms with Crippen LogP contribution in [0.1, 0.15) is 11.5 Å². The molecule has 0 atom stereocenters. The first-order chi connectivity index (χ1) is 12.7. The smallest absolute Gasteiger partial charge is 0.282 e. The van der Waals surface area contributed by atoms with Crippen molar-refractivity contribution in [3.05, 3.63) is 65.0 Å². The van der Waals surface area contributed by atoms with Crippen LogP contribution in [0.25, 0.3) is 11.4 Å². The van der Waals surface area contributed by atoms with Gasteiger partial charge in [-0.05, 0) is 24.6 Å². The van der Waals surface area contributed by atoms with Crippen LogP contribution < -0.4 is 9.80 Å². The number of nitrogens with zero attached hydrogens (tertiary/aromatic N) is 3. The number of aryl methyl sites for hydroxylation is 1. The highest BCUT2D eigenvalue weighted by molar-refractivity contribution is 6.30. The van der Waals surface area contributed by atoms with Crippen LogP contribution in [-0.2, 0) is 6.54 Å². The molecule has 0 amide bonds. The van der Waals surface area contributed by atoms with E-state index in [0.717, 1.165) is 43.3 Å². The number of halogens is 1. The van der Waals surface area contributed by atoms with Crippen LogP contribution in [0.3, 0.4) is 0 Å². The summed E-state index contributed by atoms with van der Waals surface area (Å²) in [6.45, 7) is 6.97. The normalized spacial score (nSPS) is 15.4. The Hall–Kier alpha value is -2.37. The van der Waals surface area contributed by atoms with E-state index in [-0.39, 0.29) is 0 Å². The fourth-order valence-corrected chi connectivity index (χ4v) is 3.58. The summed E-state index contributed by atoms with van der Waals surface area (Å²) in [4.78, 5) is 8.42. The molecule has 2 aromatic carbocycles. The number of quaternary nitrogens is 1. The summed E-state index contributed by atoms with van der Waals surface area (Å²) in [5.74, 6) is 1.36. The van der Waals surface area contributed by atoms with Gasteiger partial charge in [0, 0.05) is 16.3 Å². The van der Waals surface area contributed by atoms with Crippen molar-refractivity contribution in [2.45, 2.75) is 13.5 Å². The molecule has 1 N–H and O–H groups in total. The van der Waals surface area contributed by atoms with Crippen molar-refractivity contribution in [2.75, 3.05) is 31.1 Å². The van der Waals surface area contributed by atoms with Crippen molar-refractivity contribution in [3.8, 4) is 11.4 Å². The van der Waals surface area contributed by atoms with E-state index in [0.29, 0.717) is 11.7 Å². The van der Waals surface area contributed by atoms with Gasteiger partial charge in [0.05, 0.1) is 26.2 Å². The molecule has 0 spiro atoms. The molecule has 1 aliphatic rings. The zero-order chi connectivity index (χ0) is 17.9. The first-order valence-electron chi connectivity index (χ1n) is 8.92. The third kappa shape index (κ3) is 3.74. The number of rotatable bonds is 4. The lowest BCUT2D eigenvalue weighted by Gasteiger charge is -2.34. The molecule has 6 heteroatoms. The lowest BCUT2D eigenvalue weighted by atomic mass is 10.1. The van der Waals surface area contributed by atoms with Crippen molar-refractivity contribution in [3.63, 3.8) is 0 Å². The molecular weight excluding hydrogens is 348 g/mol. The van der Waals surface area contributed by atoms with Crippen LogP contribution in [0, 0.1) is 6.92 Å². The van der Waals surface area contributed by atoms with E-state index in [2.05, 4.69) is 34.1 Å². The van der Waals surface area contributed by atoms with Gasteiger partial charge in [0.2, 0.25) is 5.82 Å². The van der Waals surface area contributed by atoms with Gasteiger partial charge in [0.15, 0.2) is 6.54 Å². The second-order valence-electron chi connectivity index (χ2n) is 6.72. The van der Waals surface area contributed by atoms with Crippen molar-refractivity contribution >= 4 is 17.3 Å². The molecule has 0 saturated carbocycles. The van der Waals surface area contributed by atoms with Crippen LogP contribution in [0.15, 0.2) is 53.1 Å². The van der Waals surface area contributed by atoms with E-state index in [9.17, 15) is 0 Å². The zero-order valence-corrected chi connectivity index (χ0v) is 15.5. The van der Waals surface area contributed by atoms with Gasteiger partial charge in [-0.2, -0.15) is 4.98 Å². The van der Waals surface area contributed by atoms with Crippen LogP contribution in [0.4, 0.5) is 5.69 Å².